The Balaban J connectivity index is 1.73. The van der Waals surface area contributed by atoms with E-state index in [9.17, 15) is 0 Å². The number of nitrogens with zero attached hydrogens (tertiary/aromatic N) is 3. The molecular formula is C19H20ClN5. The number of rotatable bonds is 3. The molecule has 1 aliphatic heterocycles. The number of hydrogen-bond donors (Lipinski definition) is 2. The maximum absolute atomic E-state index is 6.53. The van der Waals surface area contributed by atoms with E-state index in [4.69, 9.17) is 22.3 Å². The van der Waals surface area contributed by atoms with Gasteiger partial charge in [0.25, 0.3) is 0 Å². The van der Waals surface area contributed by atoms with Crippen molar-refractivity contribution < 1.29 is 0 Å². The molecule has 3 N–H and O–H groups in total. The van der Waals surface area contributed by atoms with Crippen molar-refractivity contribution in [2.24, 2.45) is 5.73 Å². The Morgan fingerprint density at radius 1 is 1.08 bits per heavy atom. The average Bonchev–Trinajstić information content (AvgIpc) is 2.67. The smallest absolute Gasteiger partial charge is 0.148 e. The minimum Gasteiger partial charge on any atom is -0.353 e. The Hall–Kier alpha value is -2.21. The first-order chi connectivity index (χ1) is 12.2. The summed E-state index contributed by atoms with van der Waals surface area (Å²) in [5, 5.41) is 5.08. The molecule has 3 aromatic rings. The molecule has 0 radical (unpaired) electrons. The number of benzene rings is 1. The number of nitrogens with two attached hydrogens (primary N) is 1. The molecule has 128 valence electrons. The maximum atomic E-state index is 6.53. The van der Waals surface area contributed by atoms with Gasteiger partial charge in [0.2, 0.25) is 0 Å². The first kappa shape index (κ1) is 16.3. The molecule has 1 fully saturated rings. The minimum atomic E-state index is 0.433. The van der Waals surface area contributed by atoms with Crippen LogP contribution in [0.2, 0.25) is 5.02 Å². The summed E-state index contributed by atoms with van der Waals surface area (Å²) in [4.78, 5) is 11.3. The fourth-order valence-electron chi connectivity index (χ4n) is 3.19. The molecule has 6 heteroatoms. The van der Waals surface area contributed by atoms with Crippen molar-refractivity contribution in [3.8, 4) is 11.1 Å². The molecule has 0 unspecified atom stereocenters. The molecule has 1 aromatic carbocycles. The van der Waals surface area contributed by atoms with E-state index in [1.165, 1.54) is 0 Å². The SMILES string of the molecule is NCc1cc(-c2ccc3nc(N4CCNCC4)c(Cl)cc3c2)ccn1. The van der Waals surface area contributed by atoms with Crippen LogP contribution in [0, 0.1) is 0 Å². The zero-order valence-corrected chi connectivity index (χ0v) is 14.6. The molecule has 0 atom stereocenters. The van der Waals surface area contributed by atoms with Crippen molar-refractivity contribution in [1.29, 1.82) is 0 Å². The number of anilines is 1. The molecule has 0 saturated carbocycles. The highest BCUT2D eigenvalue weighted by molar-refractivity contribution is 6.33. The summed E-state index contributed by atoms with van der Waals surface area (Å²) in [6.45, 7) is 4.20. The van der Waals surface area contributed by atoms with Gasteiger partial charge in [0, 0.05) is 44.3 Å². The standard InChI is InChI=1S/C19H20ClN5/c20-17-11-15-9-13(14-3-4-23-16(10-14)12-21)1-2-18(15)24-19(17)25-7-5-22-6-8-25/h1-4,9-11,22H,5-8,12,21H2. The Morgan fingerprint density at radius 3 is 2.68 bits per heavy atom. The molecular weight excluding hydrogens is 334 g/mol. The number of aromatic nitrogens is 2. The van der Waals surface area contributed by atoms with E-state index in [2.05, 4.69) is 33.4 Å². The van der Waals surface area contributed by atoms with E-state index < -0.39 is 0 Å². The molecule has 0 spiro atoms. The summed E-state index contributed by atoms with van der Waals surface area (Å²) in [5.74, 6) is 0.873. The molecule has 3 heterocycles. The van der Waals surface area contributed by atoms with Crippen LogP contribution in [0.4, 0.5) is 5.82 Å². The number of fused-ring (bicyclic) bond motifs is 1. The first-order valence-electron chi connectivity index (χ1n) is 8.46. The van der Waals surface area contributed by atoms with E-state index in [0.717, 1.165) is 59.7 Å². The third kappa shape index (κ3) is 3.31. The summed E-state index contributed by atoms with van der Waals surface area (Å²) < 4.78 is 0. The summed E-state index contributed by atoms with van der Waals surface area (Å²) >= 11 is 6.53. The van der Waals surface area contributed by atoms with Gasteiger partial charge in [-0.2, -0.15) is 0 Å². The Morgan fingerprint density at radius 2 is 1.88 bits per heavy atom. The predicted octanol–water partition coefficient (Wildman–Crippen LogP) is 2.82. The van der Waals surface area contributed by atoms with E-state index >= 15 is 0 Å². The lowest BCUT2D eigenvalue weighted by atomic mass is 10.0. The predicted molar refractivity (Wildman–Crippen MR) is 103 cm³/mol. The van der Waals surface area contributed by atoms with Crippen molar-refractivity contribution in [1.82, 2.24) is 15.3 Å². The maximum Gasteiger partial charge on any atom is 0.148 e. The Kier molecular flexibility index (Phi) is 4.53. The van der Waals surface area contributed by atoms with Crippen LogP contribution in [0.25, 0.3) is 22.0 Å². The van der Waals surface area contributed by atoms with Gasteiger partial charge < -0.3 is 16.0 Å². The van der Waals surface area contributed by atoms with E-state index in [1.54, 1.807) is 6.20 Å². The second-order valence-corrected chi connectivity index (χ2v) is 6.59. The number of pyridine rings is 2. The Labute approximate surface area is 151 Å². The van der Waals surface area contributed by atoms with Crippen LogP contribution in [0.3, 0.4) is 0 Å². The monoisotopic (exact) mass is 353 g/mol. The molecule has 2 aromatic heterocycles. The zero-order valence-electron chi connectivity index (χ0n) is 13.9. The van der Waals surface area contributed by atoms with Gasteiger partial charge >= 0.3 is 0 Å². The number of hydrogen-bond acceptors (Lipinski definition) is 5. The van der Waals surface area contributed by atoms with Gasteiger partial charge in [-0.05, 0) is 41.5 Å². The van der Waals surface area contributed by atoms with Gasteiger partial charge in [-0.25, -0.2) is 4.98 Å². The molecule has 25 heavy (non-hydrogen) atoms. The fourth-order valence-corrected chi connectivity index (χ4v) is 3.47. The largest absolute Gasteiger partial charge is 0.353 e. The lowest BCUT2D eigenvalue weighted by molar-refractivity contribution is 0.585. The van der Waals surface area contributed by atoms with Crippen LogP contribution >= 0.6 is 11.6 Å². The van der Waals surface area contributed by atoms with Gasteiger partial charge in [0.1, 0.15) is 5.82 Å². The Bertz CT molecular complexity index is 905. The van der Waals surface area contributed by atoms with Gasteiger partial charge in [-0.15, -0.1) is 0 Å². The number of halogens is 1. The molecule has 4 rings (SSSR count). The zero-order chi connectivity index (χ0) is 17.2. The van der Waals surface area contributed by atoms with E-state index in [-0.39, 0.29) is 0 Å². The topological polar surface area (TPSA) is 67.1 Å². The highest BCUT2D eigenvalue weighted by Gasteiger charge is 2.16. The molecule has 0 amide bonds. The second kappa shape index (κ2) is 6.96. The van der Waals surface area contributed by atoms with E-state index in [0.29, 0.717) is 11.6 Å². The molecule has 1 aliphatic rings. The van der Waals surface area contributed by atoms with Gasteiger partial charge in [-0.1, -0.05) is 17.7 Å². The first-order valence-corrected chi connectivity index (χ1v) is 8.84. The van der Waals surface area contributed by atoms with Crippen LogP contribution in [-0.4, -0.2) is 36.1 Å². The molecule has 5 nitrogen and oxygen atoms in total. The van der Waals surface area contributed by atoms with Crippen LogP contribution < -0.4 is 16.0 Å². The highest BCUT2D eigenvalue weighted by Crippen LogP contribution is 2.31. The van der Waals surface area contributed by atoms with Crippen LogP contribution in [0.5, 0.6) is 0 Å². The van der Waals surface area contributed by atoms with Crippen LogP contribution in [0.1, 0.15) is 5.69 Å². The second-order valence-electron chi connectivity index (χ2n) is 6.18. The van der Waals surface area contributed by atoms with Crippen LogP contribution in [0.15, 0.2) is 42.6 Å². The fraction of sp³-hybridized carbons (Fsp3) is 0.263. The van der Waals surface area contributed by atoms with Crippen molar-refractivity contribution in [2.75, 3.05) is 31.1 Å². The van der Waals surface area contributed by atoms with Gasteiger partial charge in [0.15, 0.2) is 0 Å². The summed E-state index contributed by atoms with van der Waals surface area (Å²) in [6, 6.07) is 12.3. The average molecular weight is 354 g/mol. The van der Waals surface area contributed by atoms with Crippen molar-refractivity contribution in [2.45, 2.75) is 6.54 Å². The normalized spacial score (nSPS) is 14.9. The van der Waals surface area contributed by atoms with Crippen molar-refractivity contribution in [3.05, 3.63) is 53.3 Å². The van der Waals surface area contributed by atoms with E-state index in [1.807, 2.05) is 18.2 Å². The highest BCUT2D eigenvalue weighted by atomic mass is 35.5. The molecule has 1 saturated heterocycles. The lowest BCUT2D eigenvalue weighted by Gasteiger charge is -2.29. The third-order valence-electron chi connectivity index (χ3n) is 4.53. The van der Waals surface area contributed by atoms with Gasteiger partial charge in [0.05, 0.1) is 16.2 Å². The van der Waals surface area contributed by atoms with Crippen molar-refractivity contribution in [3.63, 3.8) is 0 Å². The quantitative estimate of drug-likeness (QED) is 0.758. The molecule has 0 bridgehead atoms. The third-order valence-corrected chi connectivity index (χ3v) is 4.80. The van der Waals surface area contributed by atoms with Crippen LogP contribution in [-0.2, 0) is 6.54 Å². The van der Waals surface area contributed by atoms with Crippen molar-refractivity contribution >= 4 is 28.3 Å². The summed E-state index contributed by atoms with van der Waals surface area (Å²) in [5.41, 5.74) is 9.73. The van der Waals surface area contributed by atoms with Gasteiger partial charge in [-0.3, -0.25) is 4.98 Å². The minimum absolute atomic E-state index is 0.433. The summed E-state index contributed by atoms with van der Waals surface area (Å²) in [7, 11) is 0. The number of piperazine rings is 1. The summed E-state index contributed by atoms with van der Waals surface area (Å²) in [6.07, 6.45) is 1.79. The number of nitrogens with one attached hydrogen (secondary N) is 1. The lowest BCUT2D eigenvalue weighted by Crippen LogP contribution is -2.44. The molecule has 0 aliphatic carbocycles.